The van der Waals surface area contributed by atoms with Crippen molar-refractivity contribution in [1.82, 2.24) is 4.31 Å². The van der Waals surface area contributed by atoms with Crippen molar-refractivity contribution in [2.75, 3.05) is 13.6 Å². The van der Waals surface area contributed by atoms with Crippen LogP contribution in [-0.2, 0) is 14.8 Å². The first-order chi connectivity index (χ1) is 9.64. The minimum atomic E-state index is -4.37. The van der Waals surface area contributed by atoms with E-state index in [1.807, 2.05) is 0 Å². The van der Waals surface area contributed by atoms with E-state index in [0.717, 1.165) is 31.3 Å². The summed E-state index contributed by atoms with van der Waals surface area (Å²) < 4.78 is 62.4. The van der Waals surface area contributed by atoms with Crippen LogP contribution in [-0.4, -0.2) is 43.8 Å². The number of carbonyl (C=O) groups is 1. The highest BCUT2D eigenvalue weighted by Crippen LogP contribution is 2.20. The van der Waals surface area contributed by atoms with Crippen molar-refractivity contribution in [3.63, 3.8) is 0 Å². The highest BCUT2D eigenvalue weighted by atomic mass is 32.2. The number of sulfonamides is 1. The maximum absolute atomic E-state index is 13.8. The van der Waals surface area contributed by atoms with Gasteiger partial charge in [0.15, 0.2) is 0 Å². The van der Waals surface area contributed by atoms with Gasteiger partial charge >= 0.3 is 5.97 Å². The summed E-state index contributed by atoms with van der Waals surface area (Å²) >= 11 is 0. The largest absolute Gasteiger partial charge is 0.478 e. The highest BCUT2D eigenvalue weighted by Gasteiger charge is 2.26. The predicted octanol–water partition coefficient (Wildman–Crippen LogP) is 1.81. The molecular weight excluding hydrogens is 311 g/mol. The molecule has 0 aliphatic carbocycles. The molecule has 1 rings (SSSR count). The zero-order valence-electron chi connectivity index (χ0n) is 10.8. The number of benzene rings is 1. The van der Waals surface area contributed by atoms with Crippen LogP contribution in [0.25, 0.3) is 6.08 Å². The summed E-state index contributed by atoms with van der Waals surface area (Å²) in [6.45, 7) is -1.05. The van der Waals surface area contributed by atoms with Gasteiger partial charge < -0.3 is 5.11 Å². The Morgan fingerprint density at radius 1 is 1.43 bits per heavy atom. The first-order valence-corrected chi connectivity index (χ1v) is 7.03. The van der Waals surface area contributed by atoms with Crippen LogP contribution < -0.4 is 0 Å². The van der Waals surface area contributed by atoms with E-state index in [1.165, 1.54) is 6.07 Å². The summed E-state index contributed by atoms with van der Waals surface area (Å²) in [6, 6.07) is 2.88. The third-order valence-electron chi connectivity index (χ3n) is 2.46. The average molecular weight is 323 g/mol. The number of carboxylic acid groups (broad SMARTS) is 1. The standard InChI is InChI=1S/C12H12F3NO4S/c1-16(7-11(14)15)21(19,20)10-4-2-8(6-9(10)13)3-5-12(17)18/h2-6,11H,7H2,1H3,(H,17,18)/b5-3+. The van der Waals surface area contributed by atoms with E-state index in [4.69, 9.17) is 5.11 Å². The van der Waals surface area contributed by atoms with Crippen molar-refractivity contribution in [2.24, 2.45) is 0 Å². The number of carboxylic acids is 1. The van der Waals surface area contributed by atoms with Crippen LogP contribution in [0.2, 0.25) is 0 Å². The number of alkyl halides is 2. The summed E-state index contributed by atoms with van der Waals surface area (Å²) in [7, 11) is -3.46. The van der Waals surface area contributed by atoms with E-state index in [1.54, 1.807) is 0 Å². The summed E-state index contributed by atoms with van der Waals surface area (Å²) in [5.74, 6) is -2.40. The number of nitrogens with zero attached hydrogens (tertiary/aromatic N) is 1. The maximum Gasteiger partial charge on any atom is 0.328 e. The maximum atomic E-state index is 13.8. The third kappa shape index (κ3) is 4.57. The quantitative estimate of drug-likeness (QED) is 0.810. The topological polar surface area (TPSA) is 74.7 Å². The second-order valence-corrected chi connectivity index (χ2v) is 6.05. The molecule has 0 unspecified atom stereocenters. The molecule has 116 valence electrons. The van der Waals surface area contributed by atoms with Crippen molar-refractivity contribution in [2.45, 2.75) is 11.3 Å². The molecule has 1 aromatic carbocycles. The molecular formula is C12H12F3NO4S. The monoisotopic (exact) mass is 323 g/mol. The van der Waals surface area contributed by atoms with Gasteiger partial charge in [-0.25, -0.2) is 26.4 Å². The van der Waals surface area contributed by atoms with Crippen molar-refractivity contribution in [3.8, 4) is 0 Å². The summed E-state index contributed by atoms with van der Waals surface area (Å²) in [5, 5.41) is 8.43. The molecule has 0 bridgehead atoms. The van der Waals surface area contributed by atoms with Crippen LogP contribution in [0.15, 0.2) is 29.2 Å². The average Bonchev–Trinajstić information content (AvgIpc) is 2.35. The summed E-state index contributed by atoms with van der Waals surface area (Å²) in [5.41, 5.74) is 0.130. The molecule has 9 heteroatoms. The molecule has 1 aromatic rings. The van der Waals surface area contributed by atoms with Gasteiger partial charge in [0.1, 0.15) is 10.7 Å². The van der Waals surface area contributed by atoms with E-state index in [-0.39, 0.29) is 5.56 Å². The van der Waals surface area contributed by atoms with Gasteiger partial charge in [-0.2, -0.15) is 4.31 Å². The number of hydrogen-bond acceptors (Lipinski definition) is 3. The molecule has 0 aliphatic heterocycles. The van der Waals surface area contributed by atoms with Crippen molar-refractivity contribution < 1.29 is 31.5 Å². The van der Waals surface area contributed by atoms with Crippen molar-refractivity contribution in [3.05, 3.63) is 35.7 Å². The SMILES string of the molecule is CN(CC(F)F)S(=O)(=O)c1ccc(/C=C/C(=O)O)cc1F. The molecule has 0 aromatic heterocycles. The molecule has 0 saturated carbocycles. The van der Waals surface area contributed by atoms with Crippen molar-refractivity contribution >= 4 is 22.1 Å². The van der Waals surface area contributed by atoms with E-state index in [9.17, 15) is 26.4 Å². The van der Waals surface area contributed by atoms with Gasteiger partial charge in [-0.05, 0) is 23.8 Å². The third-order valence-corrected chi connectivity index (χ3v) is 4.31. The molecule has 0 fully saturated rings. The molecule has 0 aliphatic rings. The smallest absolute Gasteiger partial charge is 0.328 e. The molecule has 1 N–H and O–H groups in total. The van der Waals surface area contributed by atoms with Crippen LogP contribution in [0.1, 0.15) is 5.56 Å². The number of halogens is 3. The predicted molar refractivity (Wildman–Crippen MR) is 68.9 cm³/mol. The highest BCUT2D eigenvalue weighted by molar-refractivity contribution is 7.89. The van der Waals surface area contributed by atoms with Crippen LogP contribution in [0, 0.1) is 5.82 Å². The molecule has 0 amide bonds. The first-order valence-electron chi connectivity index (χ1n) is 5.59. The Bertz CT molecular complexity index is 658. The van der Waals surface area contributed by atoms with Crippen LogP contribution >= 0.6 is 0 Å². The van der Waals surface area contributed by atoms with E-state index in [2.05, 4.69) is 0 Å². The van der Waals surface area contributed by atoms with Gasteiger partial charge in [0, 0.05) is 13.1 Å². The molecule has 0 spiro atoms. The lowest BCUT2D eigenvalue weighted by Gasteiger charge is -2.17. The second-order valence-electron chi connectivity index (χ2n) is 4.04. The molecule has 21 heavy (non-hydrogen) atoms. The van der Waals surface area contributed by atoms with Gasteiger partial charge in [0.25, 0.3) is 6.43 Å². The Labute approximate surface area is 119 Å². The van der Waals surface area contributed by atoms with Crippen LogP contribution in [0.3, 0.4) is 0 Å². The fourth-order valence-corrected chi connectivity index (χ4v) is 2.65. The van der Waals surface area contributed by atoms with Gasteiger partial charge in [0.05, 0.1) is 6.54 Å². The Hall–Kier alpha value is -1.87. The minimum Gasteiger partial charge on any atom is -0.478 e. The lowest BCUT2D eigenvalue weighted by atomic mass is 10.2. The number of hydrogen-bond donors (Lipinski definition) is 1. The fraction of sp³-hybridized carbons (Fsp3) is 0.250. The Balaban J connectivity index is 3.12. The molecule has 0 saturated heterocycles. The minimum absolute atomic E-state index is 0.130. The fourth-order valence-electron chi connectivity index (χ4n) is 1.46. The molecule has 5 nitrogen and oxygen atoms in total. The normalized spacial score (nSPS) is 12.5. The number of aliphatic carboxylic acids is 1. The van der Waals surface area contributed by atoms with Gasteiger partial charge in [-0.1, -0.05) is 6.07 Å². The van der Waals surface area contributed by atoms with Gasteiger partial charge in [0.2, 0.25) is 10.0 Å². The van der Waals surface area contributed by atoms with E-state index >= 15 is 0 Å². The Morgan fingerprint density at radius 2 is 2.05 bits per heavy atom. The van der Waals surface area contributed by atoms with Crippen molar-refractivity contribution in [1.29, 1.82) is 0 Å². The zero-order chi connectivity index (χ0) is 16.2. The lowest BCUT2D eigenvalue weighted by Crippen LogP contribution is -2.31. The molecule has 0 heterocycles. The second kappa shape index (κ2) is 6.72. The van der Waals surface area contributed by atoms with E-state index in [0.29, 0.717) is 4.31 Å². The summed E-state index contributed by atoms with van der Waals surface area (Å²) in [4.78, 5) is 9.57. The van der Waals surface area contributed by atoms with Gasteiger partial charge in [-0.3, -0.25) is 0 Å². The van der Waals surface area contributed by atoms with Crippen LogP contribution in [0.4, 0.5) is 13.2 Å². The van der Waals surface area contributed by atoms with Crippen LogP contribution in [0.5, 0.6) is 0 Å². The lowest BCUT2D eigenvalue weighted by molar-refractivity contribution is -0.131. The Morgan fingerprint density at radius 3 is 2.52 bits per heavy atom. The Kier molecular flexibility index (Phi) is 5.50. The zero-order valence-corrected chi connectivity index (χ0v) is 11.6. The van der Waals surface area contributed by atoms with E-state index < -0.39 is 39.7 Å². The molecule has 0 atom stereocenters. The molecule has 0 radical (unpaired) electrons. The number of rotatable bonds is 6. The first kappa shape index (κ1) is 17.2. The summed E-state index contributed by atoms with van der Waals surface area (Å²) in [6.07, 6.45) is -1.05. The van der Waals surface area contributed by atoms with Gasteiger partial charge in [-0.15, -0.1) is 0 Å².